The van der Waals surface area contributed by atoms with E-state index in [9.17, 15) is 9.59 Å². The van der Waals surface area contributed by atoms with Crippen molar-refractivity contribution in [1.82, 2.24) is 0 Å². The van der Waals surface area contributed by atoms with Crippen LogP contribution in [0.5, 0.6) is 0 Å². The van der Waals surface area contributed by atoms with E-state index in [1.165, 1.54) is 7.11 Å². The molecule has 0 N–H and O–H groups in total. The number of esters is 1. The third-order valence-electron chi connectivity index (χ3n) is 3.62. The molecule has 1 aliphatic carbocycles. The molecule has 20 heavy (non-hydrogen) atoms. The summed E-state index contributed by atoms with van der Waals surface area (Å²) in [5, 5.41) is 0. The van der Waals surface area contributed by atoms with Crippen molar-refractivity contribution < 1.29 is 14.3 Å². The van der Waals surface area contributed by atoms with Gasteiger partial charge in [-0.1, -0.05) is 36.4 Å². The Balaban J connectivity index is 2.09. The van der Waals surface area contributed by atoms with E-state index in [1.54, 1.807) is 6.07 Å². The van der Waals surface area contributed by atoms with Crippen molar-refractivity contribution in [1.29, 1.82) is 0 Å². The zero-order chi connectivity index (χ0) is 14.1. The number of carbonyl (C=O) groups excluding carboxylic acids is 2. The summed E-state index contributed by atoms with van der Waals surface area (Å²) < 4.78 is 4.82. The van der Waals surface area contributed by atoms with Gasteiger partial charge in [-0.15, -0.1) is 0 Å². The number of hydrogen-bond acceptors (Lipinski definition) is 3. The Morgan fingerprint density at radius 2 is 1.80 bits per heavy atom. The number of rotatable bonds is 2. The number of ketones is 1. The standard InChI is InChI=1S/C17H14O3/c1-20-17(19)16-5-3-2-4-15(16)12-7-6-11-9-14(18)10-13(11)8-12/h2-8H,9-10H2,1H3. The average Bonchev–Trinajstić information content (AvgIpc) is 2.85. The van der Waals surface area contributed by atoms with E-state index in [2.05, 4.69) is 0 Å². The van der Waals surface area contributed by atoms with Gasteiger partial charge in [-0.05, 0) is 28.3 Å². The maximum absolute atomic E-state index is 11.8. The van der Waals surface area contributed by atoms with Crippen LogP contribution < -0.4 is 0 Å². The van der Waals surface area contributed by atoms with Gasteiger partial charge >= 0.3 is 5.97 Å². The van der Waals surface area contributed by atoms with Gasteiger partial charge in [0.2, 0.25) is 0 Å². The van der Waals surface area contributed by atoms with Gasteiger partial charge < -0.3 is 4.74 Å². The van der Waals surface area contributed by atoms with E-state index in [4.69, 9.17) is 4.74 Å². The average molecular weight is 266 g/mol. The lowest BCUT2D eigenvalue weighted by Crippen LogP contribution is -2.03. The first-order chi connectivity index (χ1) is 9.69. The Labute approximate surface area is 117 Å². The lowest BCUT2D eigenvalue weighted by Gasteiger charge is -2.09. The number of fused-ring (bicyclic) bond motifs is 1. The second-order valence-corrected chi connectivity index (χ2v) is 4.91. The van der Waals surface area contributed by atoms with Gasteiger partial charge in [-0.3, -0.25) is 4.79 Å². The number of Topliss-reactive ketones (excluding diaryl/α,β-unsaturated/α-hetero) is 1. The maximum Gasteiger partial charge on any atom is 0.338 e. The SMILES string of the molecule is COC(=O)c1ccccc1-c1ccc2c(c1)CC(=O)C2. The second-order valence-electron chi connectivity index (χ2n) is 4.91. The summed E-state index contributed by atoms with van der Waals surface area (Å²) in [5.41, 5.74) is 4.47. The summed E-state index contributed by atoms with van der Waals surface area (Å²) in [6.45, 7) is 0. The monoisotopic (exact) mass is 266 g/mol. The van der Waals surface area contributed by atoms with E-state index < -0.39 is 0 Å². The summed E-state index contributed by atoms with van der Waals surface area (Å²) in [4.78, 5) is 23.3. The highest BCUT2D eigenvalue weighted by molar-refractivity contribution is 5.97. The van der Waals surface area contributed by atoms with Gasteiger partial charge in [-0.25, -0.2) is 4.79 Å². The fourth-order valence-corrected chi connectivity index (χ4v) is 2.64. The molecule has 2 aromatic carbocycles. The molecule has 100 valence electrons. The van der Waals surface area contributed by atoms with E-state index in [0.717, 1.165) is 22.3 Å². The molecule has 2 aromatic rings. The Bertz CT molecular complexity index is 701. The molecular weight excluding hydrogens is 252 g/mol. The fourth-order valence-electron chi connectivity index (χ4n) is 2.64. The third kappa shape index (κ3) is 2.11. The van der Waals surface area contributed by atoms with Crippen LogP contribution in [-0.2, 0) is 22.4 Å². The highest BCUT2D eigenvalue weighted by Gasteiger charge is 2.20. The first-order valence-corrected chi connectivity index (χ1v) is 6.50. The quantitative estimate of drug-likeness (QED) is 0.785. The minimum absolute atomic E-state index is 0.249. The Morgan fingerprint density at radius 1 is 1.05 bits per heavy atom. The van der Waals surface area contributed by atoms with Crippen molar-refractivity contribution >= 4 is 11.8 Å². The molecule has 0 unspecified atom stereocenters. The molecule has 0 radical (unpaired) electrons. The summed E-state index contributed by atoms with van der Waals surface area (Å²) >= 11 is 0. The van der Waals surface area contributed by atoms with Gasteiger partial charge in [-0.2, -0.15) is 0 Å². The Hall–Kier alpha value is -2.42. The first kappa shape index (κ1) is 12.6. The van der Waals surface area contributed by atoms with Gasteiger partial charge in [0, 0.05) is 12.8 Å². The van der Waals surface area contributed by atoms with E-state index >= 15 is 0 Å². The summed E-state index contributed by atoms with van der Waals surface area (Å²) in [6, 6.07) is 13.3. The van der Waals surface area contributed by atoms with Gasteiger partial charge in [0.1, 0.15) is 5.78 Å². The van der Waals surface area contributed by atoms with Gasteiger partial charge in [0.15, 0.2) is 0 Å². The molecule has 0 amide bonds. The van der Waals surface area contributed by atoms with Gasteiger partial charge in [0.25, 0.3) is 0 Å². The molecule has 0 aromatic heterocycles. The predicted molar refractivity (Wildman–Crippen MR) is 75.6 cm³/mol. The Morgan fingerprint density at radius 3 is 2.60 bits per heavy atom. The van der Waals surface area contributed by atoms with Crippen LogP contribution >= 0.6 is 0 Å². The normalized spacial score (nSPS) is 13.2. The van der Waals surface area contributed by atoms with Crippen molar-refractivity contribution in [3.63, 3.8) is 0 Å². The third-order valence-corrected chi connectivity index (χ3v) is 3.62. The lowest BCUT2D eigenvalue weighted by molar-refractivity contribution is -0.117. The molecule has 0 saturated carbocycles. The van der Waals surface area contributed by atoms with Crippen LogP contribution in [0.4, 0.5) is 0 Å². The van der Waals surface area contributed by atoms with Crippen molar-refractivity contribution in [2.75, 3.05) is 7.11 Å². The van der Waals surface area contributed by atoms with Crippen molar-refractivity contribution in [2.24, 2.45) is 0 Å². The van der Waals surface area contributed by atoms with Crippen molar-refractivity contribution in [3.05, 3.63) is 59.2 Å². The highest BCUT2D eigenvalue weighted by atomic mass is 16.5. The van der Waals surface area contributed by atoms with Crippen LogP contribution in [0.3, 0.4) is 0 Å². The van der Waals surface area contributed by atoms with Crippen LogP contribution in [-0.4, -0.2) is 18.9 Å². The summed E-state index contributed by atoms with van der Waals surface area (Å²) in [7, 11) is 1.38. The number of benzene rings is 2. The molecule has 1 aliphatic rings. The molecule has 0 bridgehead atoms. The molecule has 3 heteroatoms. The predicted octanol–water partition coefficient (Wildman–Crippen LogP) is 2.81. The number of ether oxygens (including phenoxy) is 1. The largest absolute Gasteiger partial charge is 0.465 e. The van der Waals surface area contributed by atoms with Crippen LogP contribution in [0.25, 0.3) is 11.1 Å². The molecule has 3 nitrogen and oxygen atoms in total. The van der Waals surface area contributed by atoms with Crippen LogP contribution in [0.2, 0.25) is 0 Å². The van der Waals surface area contributed by atoms with Crippen LogP contribution in [0.1, 0.15) is 21.5 Å². The second kappa shape index (κ2) is 4.93. The molecule has 0 spiro atoms. The highest BCUT2D eigenvalue weighted by Crippen LogP contribution is 2.29. The summed E-state index contributed by atoms with van der Waals surface area (Å²) in [6.07, 6.45) is 1.01. The molecule has 0 fully saturated rings. The summed E-state index contributed by atoms with van der Waals surface area (Å²) in [5.74, 6) is -0.101. The zero-order valence-corrected chi connectivity index (χ0v) is 11.2. The lowest BCUT2D eigenvalue weighted by atomic mass is 9.96. The van der Waals surface area contributed by atoms with Crippen molar-refractivity contribution in [3.8, 4) is 11.1 Å². The number of hydrogen-bond donors (Lipinski definition) is 0. The minimum atomic E-state index is -0.350. The maximum atomic E-state index is 11.8. The Kier molecular flexibility index (Phi) is 3.11. The molecule has 0 aliphatic heterocycles. The molecule has 0 saturated heterocycles. The minimum Gasteiger partial charge on any atom is -0.465 e. The number of methoxy groups -OCH3 is 1. The number of carbonyl (C=O) groups is 2. The smallest absolute Gasteiger partial charge is 0.338 e. The van der Waals surface area contributed by atoms with Crippen LogP contribution in [0, 0.1) is 0 Å². The molecular formula is C17H14O3. The topological polar surface area (TPSA) is 43.4 Å². The van der Waals surface area contributed by atoms with Gasteiger partial charge in [0.05, 0.1) is 12.7 Å². The fraction of sp³-hybridized carbons (Fsp3) is 0.176. The zero-order valence-electron chi connectivity index (χ0n) is 11.2. The molecule has 3 rings (SSSR count). The van der Waals surface area contributed by atoms with E-state index in [1.807, 2.05) is 36.4 Å². The van der Waals surface area contributed by atoms with Crippen molar-refractivity contribution in [2.45, 2.75) is 12.8 Å². The van der Waals surface area contributed by atoms with E-state index in [-0.39, 0.29) is 11.8 Å². The van der Waals surface area contributed by atoms with Crippen LogP contribution in [0.15, 0.2) is 42.5 Å². The molecule has 0 heterocycles. The molecule has 0 atom stereocenters. The van der Waals surface area contributed by atoms with E-state index in [0.29, 0.717) is 18.4 Å². The first-order valence-electron chi connectivity index (χ1n) is 6.50.